The van der Waals surface area contributed by atoms with Crippen LogP contribution in [0.5, 0.6) is 0 Å². The van der Waals surface area contributed by atoms with Gasteiger partial charge in [-0.25, -0.2) is 4.79 Å². The fourth-order valence-electron chi connectivity index (χ4n) is 2.56. The van der Waals surface area contributed by atoms with Gasteiger partial charge in [-0.1, -0.05) is 11.3 Å². The highest BCUT2D eigenvalue weighted by atomic mass is 32.1. The second kappa shape index (κ2) is 5.40. The summed E-state index contributed by atoms with van der Waals surface area (Å²) in [5, 5.41) is 11.1. The number of amides is 1. The Morgan fingerprint density at radius 2 is 2.15 bits per heavy atom. The zero-order valence-electron chi connectivity index (χ0n) is 11.6. The molecular weight excluding hydrogens is 280 g/mol. The molecule has 0 spiro atoms. The third kappa shape index (κ3) is 2.49. The van der Waals surface area contributed by atoms with Gasteiger partial charge in [-0.15, -0.1) is 0 Å². The molecule has 0 saturated carbocycles. The zero-order chi connectivity index (χ0) is 14.9. The maximum absolute atomic E-state index is 12.4. The molecule has 0 bridgehead atoms. The fraction of sp³-hybridized carbons (Fsp3) is 0.615. The van der Waals surface area contributed by atoms with Gasteiger partial charge in [0.25, 0.3) is 0 Å². The molecule has 1 saturated heterocycles. The highest BCUT2D eigenvalue weighted by Crippen LogP contribution is 2.28. The normalized spacial score (nSPS) is 22.8. The number of aromatic nitrogens is 1. The number of nitrogens with zero attached hydrogens (tertiary/aromatic N) is 2. The molecule has 1 aromatic rings. The highest BCUT2D eigenvalue weighted by Gasteiger charge is 2.43. The van der Waals surface area contributed by atoms with Crippen LogP contribution < -0.4 is 4.87 Å². The lowest BCUT2D eigenvalue weighted by molar-refractivity contribution is -0.161. The summed E-state index contributed by atoms with van der Waals surface area (Å²) in [5.41, 5.74) is -0.439. The van der Waals surface area contributed by atoms with Gasteiger partial charge in [-0.3, -0.25) is 14.2 Å². The van der Waals surface area contributed by atoms with Gasteiger partial charge in [0.05, 0.1) is 0 Å². The second-order valence-electron chi connectivity index (χ2n) is 5.31. The predicted octanol–water partition coefficient (Wildman–Crippen LogP) is 1.07. The first-order valence-electron chi connectivity index (χ1n) is 6.55. The van der Waals surface area contributed by atoms with Crippen molar-refractivity contribution in [2.45, 2.75) is 45.2 Å². The lowest BCUT2D eigenvalue weighted by atomic mass is 9.88. The predicted molar refractivity (Wildman–Crippen MR) is 74.9 cm³/mol. The summed E-state index contributed by atoms with van der Waals surface area (Å²) in [6.45, 7) is 3.68. The Labute approximate surface area is 120 Å². The number of thiazole rings is 1. The fourth-order valence-corrected chi connectivity index (χ4v) is 3.29. The Bertz CT molecular complexity index is 591. The van der Waals surface area contributed by atoms with E-state index in [0.29, 0.717) is 13.0 Å². The van der Waals surface area contributed by atoms with Gasteiger partial charge in [0.1, 0.15) is 12.1 Å². The summed E-state index contributed by atoms with van der Waals surface area (Å²) in [5.74, 6) is -1.29. The Morgan fingerprint density at radius 3 is 2.70 bits per heavy atom. The summed E-state index contributed by atoms with van der Waals surface area (Å²) in [6.07, 6.45) is 2.04. The van der Waals surface area contributed by atoms with Crippen molar-refractivity contribution in [2.75, 3.05) is 6.54 Å². The summed E-state index contributed by atoms with van der Waals surface area (Å²) < 4.78 is 1.39. The molecule has 1 aliphatic rings. The van der Waals surface area contributed by atoms with Gasteiger partial charge < -0.3 is 10.0 Å². The Kier molecular flexibility index (Phi) is 3.99. The van der Waals surface area contributed by atoms with Crippen LogP contribution in [0.25, 0.3) is 0 Å². The van der Waals surface area contributed by atoms with E-state index in [1.165, 1.54) is 9.47 Å². The average Bonchev–Trinajstić information content (AvgIpc) is 2.70. The molecule has 7 heteroatoms. The smallest absolute Gasteiger partial charge is 0.329 e. The van der Waals surface area contributed by atoms with Crippen molar-refractivity contribution in [3.63, 3.8) is 0 Å². The molecule has 0 aliphatic carbocycles. The van der Waals surface area contributed by atoms with E-state index in [-0.39, 0.29) is 17.3 Å². The van der Waals surface area contributed by atoms with E-state index in [0.717, 1.165) is 29.9 Å². The molecule has 1 fully saturated rings. The summed E-state index contributed by atoms with van der Waals surface area (Å²) in [6, 6.07) is 0. The third-order valence-electron chi connectivity index (χ3n) is 3.92. The lowest BCUT2D eigenvalue weighted by Gasteiger charge is -2.41. The Hall–Kier alpha value is -1.63. The average molecular weight is 298 g/mol. The number of hydrogen-bond acceptors (Lipinski definition) is 4. The molecule has 1 N–H and O–H groups in total. The molecule has 110 valence electrons. The van der Waals surface area contributed by atoms with Crippen molar-refractivity contribution < 1.29 is 14.7 Å². The van der Waals surface area contributed by atoms with Crippen molar-refractivity contribution in [3.05, 3.63) is 20.7 Å². The van der Waals surface area contributed by atoms with Crippen molar-refractivity contribution in [1.82, 2.24) is 9.47 Å². The van der Waals surface area contributed by atoms with Gasteiger partial charge in [0.15, 0.2) is 0 Å². The topological polar surface area (TPSA) is 79.6 Å². The quantitative estimate of drug-likeness (QED) is 0.905. The van der Waals surface area contributed by atoms with E-state index in [2.05, 4.69) is 0 Å². The van der Waals surface area contributed by atoms with E-state index in [4.69, 9.17) is 0 Å². The molecule has 1 amide bonds. The van der Waals surface area contributed by atoms with E-state index in [9.17, 15) is 19.5 Å². The molecule has 2 rings (SSSR count). The van der Waals surface area contributed by atoms with Gasteiger partial charge >= 0.3 is 10.8 Å². The number of rotatable bonds is 3. The molecule has 2 heterocycles. The number of carboxylic acids is 1. The van der Waals surface area contributed by atoms with Crippen LogP contribution in [-0.2, 0) is 16.1 Å². The van der Waals surface area contributed by atoms with Gasteiger partial charge in [-0.2, -0.15) is 0 Å². The van der Waals surface area contributed by atoms with Crippen molar-refractivity contribution in [1.29, 1.82) is 0 Å². The van der Waals surface area contributed by atoms with Crippen LogP contribution in [0.1, 0.15) is 31.9 Å². The van der Waals surface area contributed by atoms with Crippen LogP contribution in [0.3, 0.4) is 0 Å². The molecule has 1 aromatic heterocycles. The molecule has 0 aromatic carbocycles. The first-order chi connectivity index (χ1) is 9.36. The maximum Gasteiger partial charge on any atom is 0.329 e. The standard InChI is InChI=1S/C13H18N2O4S/c1-9-8-20-12(19)14(9)7-10(16)15-6-4-3-5-13(15,2)11(17)18/h8H,3-7H2,1-2H3,(H,17,18). The minimum absolute atomic E-state index is 0.0863. The number of hydrogen-bond donors (Lipinski definition) is 1. The Balaban J connectivity index is 2.23. The van der Waals surface area contributed by atoms with Crippen LogP contribution in [0.4, 0.5) is 0 Å². The van der Waals surface area contributed by atoms with Gasteiger partial charge in [0.2, 0.25) is 5.91 Å². The zero-order valence-corrected chi connectivity index (χ0v) is 12.4. The third-order valence-corrected chi connectivity index (χ3v) is 4.80. The van der Waals surface area contributed by atoms with E-state index in [1.54, 1.807) is 19.2 Å². The molecule has 1 aliphatic heterocycles. The number of aliphatic carboxylic acids is 1. The second-order valence-corrected chi connectivity index (χ2v) is 6.13. The number of carbonyl (C=O) groups is 2. The van der Waals surface area contributed by atoms with Gasteiger partial charge in [-0.05, 0) is 33.1 Å². The van der Waals surface area contributed by atoms with E-state index >= 15 is 0 Å². The van der Waals surface area contributed by atoms with E-state index < -0.39 is 11.5 Å². The first-order valence-corrected chi connectivity index (χ1v) is 7.43. The number of likely N-dealkylation sites (tertiary alicyclic amines) is 1. The SMILES string of the molecule is Cc1csc(=O)n1CC(=O)N1CCCCC1(C)C(=O)O. The number of piperidine rings is 1. The molecular formula is C13H18N2O4S. The van der Waals surface area contributed by atoms with Crippen LogP contribution in [0.15, 0.2) is 10.2 Å². The summed E-state index contributed by atoms with van der Waals surface area (Å²) in [4.78, 5) is 36.7. The van der Waals surface area contributed by atoms with Crippen LogP contribution in [-0.4, -0.2) is 38.5 Å². The Morgan fingerprint density at radius 1 is 1.45 bits per heavy atom. The molecule has 0 radical (unpaired) electrons. The largest absolute Gasteiger partial charge is 0.480 e. The van der Waals surface area contributed by atoms with Crippen LogP contribution >= 0.6 is 11.3 Å². The molecule has 1 atom stereocenters. The first kappa shape index (κ1) is 14.8. The molecule has 1 unspecified atom stereocenters. The minimum atomic E-state index is -1.16. The van der Waals surface area contributed by atoms with Crippen molar-refractivity contribution in [3.8, 4) is 0 Å². The van der Waals surface area contributed by atoms with Gasteiger partial charge in [0, 0.05) is 17.6 Å². The minimum Gasteiger partial charge on any atom is -0.480 e. The summed E-state index contributed by atoms with van der Waals surface area (Å²) in [7, 11) is 0. The van der Waals surface area contributed by atoms with E-state index in [1.807, 2.05) is 0 Å². The molecule has 6 nitrogen and oxygen atoms in total. The molecule has 20 heavy (non-hydrogen) atoms. The van der Waals surface area contributed by atoms with Crippen molar-refractivity contribution >= 4 is 23.2 Å². The van der Waals surface area contributed by atoms with Crippen LogP contribution in [0, 0.1) is 6.92 Å². The lowest BCUT2D eigenvalue weighted by Crippen LogP contribution is -2.58. The maximum atomic E-state index is 12.4. The highest BCUT2D eigenvalue weighted by molar-refractivity contribution is 7.07. The summed E-state index contributed by atoms with van der Waals surface area (Å²) >= 11 is 1.05. The number of aryl methyl sites for hydroxylation is 1. The monoisotopic (exact) mass is 298 g/mol. The van der Waals surface area contributed by atoms with Crippen molar-refractivity contribution in [2.24, 2.45) is 0 Å². The number of carboxylic acid groups (broad SMARTS) is 1. The number of carbonyl (C=O) groups excluding carboxylic acids is 1. The van der Waals surface area contributed by atoms with Crippen LogP contribution in [0.2, 0.25) is 0 Å².